The molecule has 0 aliphatic carbocycles. The second-order valence-corrected chi connectivity index (χ2v) is 2.51. The summed E-state index contributed by atoms with van der Waals surface area (Å²) < 4.78 is 0. The summed E-state index contributed by atoms with van der Waals surface area (Å²) in [5, 5.41) is 7.13. The zero-order valence-electron chi connectivity index (χ0n) is 7.04. The van der Waals surface area contributed by atoms with Gasteiger partial charge in [-0.15, -0.1) is 0 Å². The largest absolute Gasteiger partial charge is 0.308 e. The van der Waals surface area contributed by atoms with Crippen LogP contribution in [0.4, 0.5) is 0 Å². The topological polar surface area (TPSA) is 23.9 Å². The average molecular weight is 155 g/mol. The highest BCUT2D eigenvalue weighted by atomic mass is 14.3. The molecule has 0 fully saturated rings. The Morgan fingerprint density at radius 3 is 2.33 bits per heavy atom. The Balaban J connectivity index is 3.04. The van der Waals surface area contributed by atoms with Crippen LogP contribution in [-0.2, 0) is 0 Å². The number of nitrogens with one attached hydrogen (secondary N) is 1. The number of hydrogen-bond acceptors (Lipinski definition) is 1. The minimum absolute atomic E-state index is 0.749. The minimum atomic E-state index is 0.749. The van der Waals surface area contributed by atoms with Crippen molar-refractivity contribution in [2.75, 3.05) is 0 Å². The number of allylic oxidation sites excluding steroid dienone is 2. The Morgan fingerprint density at radius 2 is 1.92 bits per heavy atom. The zero-order chi connectivity index (χ0) is 8.97. The first-order valence-electron chi connectivity index (χ1n) is 3.80. The molecular weight excluding hydrogens is 145 g/mol. The van der Waals surface area contributed by atoms with Gasteiger partial charge in [0.25, 0.3) is 0 Å². The monoisotopic (exact) mass is 155 g/mol. The second kappa shape index (κ2) is 3.91. The lowest BCUT2D eigenvalue weighted by molar-refractivity contribution is 1.56. The van der Waals surface area contributed by atoms with Crippen molar-refractivity contribution in [1.82, 2.24) is 0 Å². The van der Waals surface area contributed by atoms with E-state index >= 15 is 0 Å². The fourth-order valence-corrected chi connectivity index (χ4v) is 1.01. The maximum Gasteiger partial charge on any atom is 0.113 e. The first kappa shape index (κ1) is 8.79. The lowest BCUT2D eigenvalue weighted by Crippen LogP contribution is -2.00. The van der Waals surface area contributed by atoms with E-state index in [0.29, 0.717) is 0 Å². The van der Waals surface area contributed by atoms with Crippen LogP contribution in [-0.4, -0.2) is 14.1 Å². The maximum atomic E-state index is 7.13. The van der Waals surface area contributed by atoms with Crippen molar-refractivity contribution in [1.29, 1.82) is 5.41 Å². The van der Waals surface area contributed by atoms with Gasteiger partial charge in [0.2, 0.25) is 0 Å². The second-order valence-electron chi connectivity index (χ2n) is 2.51. The number of rotatable bonds is 2. The van der Waals surface area contributed by atoms with Gasteiger partial charge >= 0.3 is 0 Å². The minimum Gasteiger partial charge on any atom is -0.308 e. The van der Waals surface area contributed by atoms with Crippen LogP contribution in [0.15, 0.2) is 30.3 Å². The molecule has 0 aliphatic heterocycles. The predicted molar refractivity (Wildman–Crippen MR) is 54.3 cm³/mol. The molecule has 0 atom stereocenters. The average Bonchev–Trinajstić information content (AvgIpc) is 2.10. The Labute approximate surface area is 74.0 Å². The first-order valence-corrected chi connectivity index (χ1v) is 3.80. The van der Waals surface area contributed by atoms with E-state index in [0.717, 1.165) is 16.6 Å². The van der Waals surface area contributed by atoms with Gasteiger partial charge in [0.1, 0.15) is 7.85 Å². The van der Waals surface area contributed by atoms with Crippen molar-refractivity contribution in [2.24, 2.45) is 0 Å². The molecule has 0 heterocycles. The molecule has 1 rings (SSSR count). The third-order valence-electron chi connectivity index (χ3n) is 1.71. The summed E-state index contributed by atoms with van der Waals surface area (Å²) in [6, 6.07) is 7.50. The van der Waals surface area contributed by atoms with Crippen molar-refractivity contribution in [3.63, 3.8) is 0 Å². The highest BCUT2D eigenvalue weighted by molar-refractivity contribution is 6.32. The molecule has 0 aliphatic rings. The normalized spacial score (nSPS) is 11.2. The van der Waals surface area contributed by atoms with E-state index in [1.807, 2.05) is 37.3 Å². The van der Waals surface area contributed by atoms with E-state index in [4.69, 9.17) is 13.3 Å². The molecule has 0 bridgehead atoms. The number of hydrogen-bond donors (Lipinski definition) is 1. The Hall–Kier alpha value is -1.31. The van der Waals surface area contributed by atoms with Crippen molar-refractivity contribution < 1.29 is 0 Å². The molecule has 58 valence electrons. The zero-order valence-corrected chi connectivity index (χ0v) is 7.04. The summed E-state index contributed by atoms with van der Waals surface area (Å²) in [6.45, 7) is 1.91. The molecule has 1 aromatic rings. The molecule has 0 amide bonds. The van der Waals surface area contributed by atoms with Gasteiger partial charge in [-0.05, 0) is 18.1 Å². The Morgan fingerprint density at radius 1 is 1.33 bits per heavy atom. The molecule has 1 aromatic carbocycles. The maximum absolute atomic E-state index is 7.13. The number of benzene rings is 1. The van der Waals surface area contributed by atoms with Crippen molar-refractivity contribution >= 4 is 25.1 Å². The van der Waals surface area contributed by atoms with Gasteiger partial charge in [-0.25, -0.2) is 0 Å². The molecule has 1 N–H and O–H groups in total. The summed E-state index contributed by atoms with van der Waals surface area (Å²) >= 11 is 0. The summed E-state index contributed by atoms with van der Waals surface area (Å²) in [4.78, 5) is 0. The molecule has 0 aromatic heterocycles. The fraction of sp³-hybridized carbons (Fsp3) is 0.100. The molecule has 0 unspecified atom stereocenters. The molecule has 0 saturated carbocycles. The quantitative estimate of drug-likeness (QED) is 0.494. The van der Waals surface area contributed by atoms with E-state index in [9.17, 15) is 0 Å². The summed E-state index contributed by atoms with van der Waals surface area (Å²) in [6.07, 6.45) is 3.24. The van der Waals surface area contributed by atoms with Crippen LogP contribution in [0.1, 0.15) is 12.5 Å². The molecule has 1 nitrogen and oxygen atoms in total. The first-order chi connectivity index (χ1) is 5.77. The Bertz CT molecular complexity index is 298. The highest BCUT2D eigenvalue weighted by Crippen LogP contribution is 2.09. The third kappa shape index (κ3) is 1.85. The standard InChI is InChI=1S/C10H10BN/c1-2-8(7-12)9-3-5-10(11)6-4-9/h2-7,12H,1H3/b8-2+,12-7?. The van der Waals surface area contributed by atoms with Crippen LogP contribution < -0.4 is 5.46 Å². The summed E-state index contributed by atoms with van der Waals surface area (Å²) in [7, 11) is 5.53. The van der Waals surface area contributed by atoms with Crippen LogP contribution in [0, 0.1) is 5.41 Å². The van der Waals surface area contributed by atoms with Crippen LogP contribution in [0.2, 0.25) is 0 Å². The summed E-state index contributed by atoms with van der Waals surface area (Å²) in [5.74, 6) is 0. The third-order valence-corrected chi connectivity index (χ3v) is 1.71. The van der Waals surface area contributed by atoms with Gasteiger partial charge in [-0.2, -0.15) is 0 Å². The van der Waals surface area contributed by atoms with Gasteiger partial charge in [-0.3, -0.25) is 0 Å². The molecular formula is C10H10BN. The van der Waals surface area contributed by atoms with Crippen LogP contribution in [0.25, 0.3) is 5.57 Å². The molecule has 2 radical (unpaired) electrons. The van der Waals surface area contributed by atoms with E-state index in [1.165, 1.54) is 6.21 Å². The molecule has 12 heavy (non-hydrogen) atoms. The lowest BCUT2D eigenvalue weighted by atomic mass is 9.94. The van der Waals surface area contributed by atoms with Gasteiger partial charge in [0, 0.05) is 6.21 Å². The van der Waals surface area contributed by atoms with Crippen molar-refractivity contribution in [3.05, 3.63) is 35.9 Å². The Kier molecular flexibility index (Phi) is 2.86. The summed E-state index contributed by atoms with van der Waals surface area (Å²) in [5.41, 5.74) is 2.69. The molecule has 2 heteroatoms. The van der Waals surface area contributed by atoms with E-state index < -0.39 is 0 Å². The van der Waals surface area contributed by atoms with Crippen LogP contribution >= 0.6 is 0 Å². The van der Waals surface area contributed by atoms with Crippen molar-refractivity contribution in [2.45, 2.75) is 6.92 Å². The van der Waals surface area contributed by atoms with Crippen LogP contribution in [0.5, 0.6) is 0 Å². The SMILES string of the molecule is [B]c1ccc(/C(C=N)=C/C)cc1. The highest BCUT2D eigenvalue weighted by Gasteiger charge is 1.94. The van der Waals surface area contributed by atoms with E-state index in [-0.39, 0.29) is 0 Å². The fourth-order valence-electron chi connectivity index (χ4n) is 1.01. The van der Waals surface area contributed by atoms with Gasteiger partial charge < -0.3 is 5.41 Å². The lowest BCUT2D eigenvalue weighted by Gasteiger charge is -2.00. The molecule has 0 spiro atoms. The van der Waals surface area contributed by atoms with Gasteiger partial charge in [0.15, 0.2) is 0 Å². The van der Waals surface area contributed by atoms with Crippen molar-refractivity contribution in [3.8, 4) is 0 Å². The van der Waals surface area contributed by atoms with E-state index in [1.54, 1.807) is 0 Å². The molecule has 0 saturated heterocycles. The predicted octanol–water partition coefficient (Wildman–Crippen LogP) is 1.53. The van der Waals surface area contributed by atoms with Gasteiger partial charge in [0.05, 0.1) is 0 Å². The van der Waals surface area contributed by atoms with Gasteiger partial charge in [-0.1, -0.05) is 35.8 Å². The van der Waals surface area contributed by atoms with Crippen LogP contribution in [0.3, 0.4) is 0 Å². The van der Waals surface area contributed by atoms with E-state index in [2.05, 4.69) is 0 Å². The smallest absolute Gasteiger partial charge is 0.113 e.